The van der Waals surface area contributed by atoms with Crippen LogP contribution in [0.2, 0.25) is 0 Å². The summed E-state index contributed by atoms with van der Waals surface area (Å²) in [6.45, 7) is 5.44. The van der Waals surface area contributed by atoms with Gasteiger partial charge in [0.1, 0.15) is 0 Å². The largest absolute Gasteiger partial charge is 0.478 e. The highest BCUT2D eigenvalue weighted by Crippen LogP contribution is 2.39. The van der Waals surface area contributed by atoms with Crippen molar-refractivity contribution in [2.75, 3.05) is 4.90 Å². The number of carboxylic acid groups (broad SMARTS) is 1. The summed E-state index contributed by atoms with van der Waals surface area (Å²) in [7, 11) is 0. The number of anilines is 1. The molecular formula is C14H18N2O3. The first-order chi connectivity index (χ1) is 8.84. The van der Waals surface area contributed by atoms with Crippen molar-refractivity contribution in [3.63, 3.8) is 0 Å². The lowest BCUT2D eigenvalue weighted by Crippen LogP contribution is -2.48. The predicted octanol–water partition coefficient (Wildman–Crippen LogP) is 1.78. The second kappa shape index (κ2) is 4.66. The maximum absolute atomic E-state index is 11.8. The second-order valence-corrected chi connectivity index (χ2v) is 5.09. The summed E-state index contributed by atoms with van der Waals surface area (Å²) in [5.74, 6) is -0.980. The molecule has 3 unspecified atom stereocenters. The van der Waals surface area contributed by atoms with Crippen molar-refractivity contribution in [3.05, 3.63) is 29.3 Å². The molecule has 3 atom stereocenters. The van der Waals surface area contributed by atoms with Crippen LogP contribution in [0.5, 0.6) is 0 Å². The van der Waals surface area contributed by atoms with Crippen molar-refractivity contribution in [1.29, 1.82) is 0 Å². The van der Waals surface area contributed by atoms with Crippen molar-refractivity contribution in [2.24, 2.45) is 11.7 Å². The second-order valence-electron chi connectivity index (χ2n) is 5.09. The van der Waals surface area contributed by atoms with Crippen LogP contribution in [0.3, 0.4) is 0 Å². The van der Waals surface area contributed by atoms with Crippen molar-refractivity contribution in [1.82, 2.24) is 0 Å². The average molecular weight is 262 g/mol. The zero-order valence-electron chi connectivity index (χ0n) is 11.3. The van der Waals surface area contributed by atoms with Crippen LogP contribution < -0.4 is 10.6 Å². The van der Waals surface area contributed by atoms with Gasteiger partial charge < -0.3 is 15.7 Å². The Bertz CT molecular complexity index is 541. The number of nitrogens with two attached hydrogens (primary N) is 1. The third-order valence-corrected chi connectivity index (χ3v) is 3.97. The predicted molar refractivity (Wildman–Crippen MR) is 72.1 cm³/mol. The molecular weight excluding hydrogens is 244 g/mol. The van der Waals surface area contributed by atoms with Gasteiger partial charge in [0.2, 0.25) is 5.91 Å². The molecule has 0 saturated carbocycles. The van der Waals surface area contributed by atoms with Gasteiger partial charge in [0.25, 0.3) is 0 Å². The Kier molecular flexibility index (Phi) is 3.32. The fourth-order valence-corrected chi connectivity index (χ4v) is 2.67. The number of carboxylic acids is 1. The van der Waals surface area contributed by atoms with E-state index in [1.165, 1.54) is 13.0 Å². The Morgan fingerprint density at radius 2 is 1.95 bits per heavy atom. The molecule has 1 heterocycles. The lowest BCUT2D eigenvalue weighted by atomic mass is 9.83. The zero-order chi connectivity index (χ0) is 14.3. The summed E-state index contributed by atoms with van der Waals surface area (Å²) < 4.78 is 0. The van der Waals surface area contributed by atoms with E-state index >= 15 is 0 Å². The number of benzene rings is 1. The molecule has 3 N–H and O–H groups in total. The first kappa shape index (κ1) is 13.5. The molecule has 0 radical (unpaired) electrons. The van der Waals surface area contributed by atoms with Gasteiger partial charge >= 0.3 is 5.97 Å². The van der Waals surface area contributed by atoms with Gasteiger partial charge in [0, 0.05) is 24.7 Å². The van der Waals surface area contributed by atoms with Gasteiger partial charge in [-0.15, -0.1) is 0 Å². The molecule has 0 aromatic heterocycles. The maximum Gasteiger partial charge on any atom is 0.335 e. The highest BCUT2D eigenvalue weighted by Gasteiger charge is 2.36. The number of hydrogen-bond donors (Lipinski definition) is 2. The van der Waals surface area contributed by atoms with E-state index in [1.807, 2.05) is 13.8 Å². The fourth-order valence-electron chi connectivity index (χ4n) is 2.67. The minimum absolute atomic E-state index is 0.00400. The Labute approximate surface area is 112 Å². The van der Waals surface area contributed by atoms with Gasteiger partial charge in [-0.1, -0.05) is 6.92 Å². The van der Waals surface area contributed by atoms with E-state index in [-0.39, 0.29) is 29.5 Å². The van der Waals surface area contributed by atoms with E-state index in [1.54, 1.807) is 17.0 Å². The Morgan fingerprint density at radius 3 is 2.47 bits per heavy atom. The van der Waals surface area contributed by atoms with E-state index in [4.69, 9.17) is 10.8 Å². The number of carbonyl (C=O) groups is 2. The summed E-state index contributed by atoms with van der Waals surface area (Å²) in [6.07, 6.45) is 0. The quantitative estimate of drug-likeness (QED) is 0.808. The Hall–Kier alpha value is -1.88. The minimum Gasteiger partial charge on any atom is -0.478 e. The third-order valence-electron chi connectivity index (χ3n) is 3.97. The topological polar surface area (TPSA) is 83.6 Å². The average Bonchev–Trinajstić information content (AvgIpc) is 2.35. The molecule has 0 fully saturated rings. The van der Waals surface area contributed by atoms with Crippen LogP contribution in [0.4, 0.5) is 5.69 Å². The molecule has 5 nitrogen and oxygen atoms in total. The van der Waals surface area contributed by atoms with Crippen LogP contribution in [0, 0.1) is 5.92 Å². The summed E-state index contributed by atoms with van der Waals surface area (Å²) in [5.41, 5.74) is 7.82. The van der Waals surface area contributed by atoms with E-state index in [2.05, 4.69) is 0 Å². The normalized spacial score (nSPS) is 25.9. The third kappa shape index (κ3) is 2.10. The number of amides is 1. The molecule has 0 saturated heterocycles. The van der Waals surface area contributed by atoms with Crippen molar-refractivity contribution in [2.45, 2.75) is 32.9 Å². The molecule has 0 spiro atoms. The molecule has 1 aliphatic heterocycles. The molecule has 2 rings (SSSR count). The summed E-state index contributed by atoms with van der Waals surface area (Å²) in [5, 5.41) is 9.04. The van der Waals surface area contributed by atoms with Gasteiger partial charge in [0.15, 0.2) is 0 Å². The number of hydrogen-bond acceptors (Lipinski definition) is 3. The highest BCUT2D eigenvalue weighted by molar-refractivity contribution is 5.95. The van der Waals surface area contributed by atoms with Crippen molar-refractivity contribution < 1.29 is 14.7 Å². The molecule has 1 aliphatic rings. The number of nitrogens with zero attached hydrogens (tertiary/aromatic N) is 1. The lowest BCUT2D eigenvalue weighted by molar-refractivity contribution is -0.117. The summed E-state index contributed by atoms with van der Waals surface area (Å²) in [6, 6.07) is 4.48. The molecule has 1 aromatic rings. The minimum atomic E-state index is -0.990. The molecule has 5 heteroatoms. The van der Waals surface area contributed by atoms with E-state index in [0.717, 1.165) is 11.3 Å². The van der Waals surface area contributed by atoms with Crippen LogP contribution in [0.25, 0.3) is 0 Å². The summed E-state index contributed by atoms with van der Waals surface area (Å²) >= 11 is 0. The fraction of sp³-hybridized carbons (Fsp3) is 0.429. The molecule has 1 amide bonds. The zero-order valence-corrected chi connectivity index (χ0v) is 11.3. The van der Waals surface area contributed by atoms with Crippen LogP contribution in [0.15, 0.2) is 18.2 Å². The van der Waals surface area contributed by atoms with Crippen LogP contribution >= 0.6 is 0 Å². The number of carbonyl (C=O) groups excluding carboxylic acids is 1. The molecule has 1 aromatic carbocycles. The molecule has 102 valence electrons. The summed E-state index contributed by atoms with van der Waals surface area (Å²) in [4.78, 5) is 24.5. The van der Waals surface area contributed by atoms with Gasteiger partial charge in [-0.05, 0) is 36.6 Å². The first-order valence-electron chi connectivity index (χ1n) is 6.27. The molecule has 0 aliphatic carbocycles. The van der Waals surface area contributed by atoms with Gasteiger partial charge in [-0.3, -0.25) is 4.79 Å². The smallest absolute Gasteiger partial charge is 0.335 e. The molecule has 0 bridgehead atoms. The van der Waals surface area contributed by atoms with E-state index in [0.29, 0.717) is 0 Å². The maximum atomic E-state index is 11.8. The highest BCUT2D eigenvalue weighted by atomic mass is 16.4. The van der Waals surface area contributed by atoms with Crippen molar-refractivity contribution >= 4 is 17.6 Å². The van der Waals surface area contributed by atoms with Gasteiger partial charge in [-0.2, -0.15) is 0 Å². The monoisotopic (exact) mass is 262 g/mol. The van der Waals surface area contributed by atoms with Crippen LogP contribution in [-0.4, -0.2) is 23.0 Å². The van der Waals surface area contributed by atoms with Crippen LogP contribution in [0.1, 0.15) is 42.7 Å². The first-order valence-corrected chi connectivity index (χ1v) is 6.27. The number of aromatic carboxylic acids is 1. The molecule has 19 heavy (non-hydrogen) atoms. The van der Waals surface area contributed by atoms with Gasteiger partial charge in [0.05, 0.1) is 5.56 Å². The number of fused-ring (bicyclic) bond motifs is 1. The van der Waals surface area contributed by atoms with Crippen LogP contribution in [-0.2, 0) is 4.79 Å². The van der Waals surface area contributed by atoms with E-state index < -0.39 is 5.97 Å². The standard InChI is InChI=1S/C14H18N2O3/c1-7-8(2)16(9(3)17)12-5-4-10(14(18)19)6-11(12)13(7)15/h4-8,13H,15H2,1-3H3,(H,18,19). The van der Waals surface area contributed by atoms with Crippen molar-refractivity contribution in [3.8, 4) is 0 Å². The number of rotatable bonds is 1. The SMILES string of the molecule is CC(=O)N1c2ccc(C(=O)O)cc2C(N)C(C)C1C. The Morgan fingerprint density at radius 1 is 1.32 bits per heavy atom. The lowest BCUT2D eigenvalue weighted by Gasteiger charge is -2.42. The Balaban J connectivity index is 2.61. The van der Waals surface area contributed by atoms with Gasteiger partial charge in [-0.25, -0.2) is 4.79 Å². The van der Waals surface area contributed by atoms with E-state index in [9.17, 15) is 9.59 Å².